The molecule has 2 fully saturated rings. The molecule has 1 heterocycles. The molecule has 0 spiro atoms. The number of hydrogen-bond acceptors (Lipinski definition) is 5. The molecule has 2 N–H and O–H groups in total. The molecule has 2 unspecified atom stereocenters. The highest BCUT2D eigenvalue weighted by molar-refractivity contribution is 6.07. The maximum atomic E-state index is 12.4. The van der Waals surface area contributed by atoms with Gasteiger partial charge in [0.15, 0.2) is 0 Å². The Labute approximate surface area is 163 Å². The van der Waals surface area contributed by atoms with Crippen LogP contribution in [0.2, 0.25) is 0 Å². The van der Waals surface area contributed by atoms with E-state index in [1.165, 1.54) is 0 Å². The molecule has 1 aromatic carbocycles. The first kappa shape index (κ1) is 19.9. The summed E-state index contributed by atoms with van der Waals surface area (Å²) in [6, 6.07) is 6.68. The standard InChI is InChI=1S/C20H25N3O5/c1-28-14-8-6-13(7-9-14)18(25)22-11-10-21-17(24)12-23-19(26)15-4-2-3-5-16(15)20(23)27/h6-9,15-16H,2-5,10-12H2,1H3,(H,21,24)(H,22,25). The number of nitrogens with zero attached hydrogens (tertiary/aromatic N) is 1. The number of amides is 4. The van der Waals surface area contributed by atoms with Crippen molar-refractivity contribution in [1.82, 2.24) is 15.5 Å². The minimum atomic E-state index is -0.404. The summed E-state index contributed by atoms with van der Waals surface area (Å²) >= 11 is 0. The van der Waals surface area contributed by atoms with Crippen LogP contribution in [0, 0.1) is 11.8 Å². The summed E-state index contributed by atoms with van der Waals surface area (Å²) in [5.74, 6) is -0.953. The molecule has 4 amide bonds. The average Bonchev–Trinajstić information content (AvgIpc) is 2.96. The lowest BCUT2D eigenvalue weighted by molar-refractivity contribution is -0.143. The minimum absolute atomic E-state index is 0.212. The zero-order chi connectivity index (χ0) is 20.1. The van der Waals surface area contributed by atoms with E-state index in [1.54, 1.807) is 31.4 Å². The van der Waals surface area contributed by atoms with Crippen LogP contribution in [0.15, 0.2) is 24.3 Å². The van der Waals surface area contributed by atoms with Crippen molar-refractivity contribution in [2.45, 2.75) is 25.7 Å². The van der Waals surface area contributed by atoms with Gasteiger partial charge in [-0.25, -0.2) is 0 Å². The van der Waals surface area contributed by atoms with Gasteiger partial charge in [0.2, 0.25) is 17.7 Å². The summed E-state index contributed by atoms with van der Waals surface area (Å²) in [5, 5.41) is 5.34. The number of carbonyl (C=O) groups excluding carboxylic acids is 4. The zero-order valence-corrected chi connectivity index (χ0v) is 15.9. The fourth-order valence-corrected chi connectivity index (χ4v) is 3.81. The Morgan fingerprint density at radius 1 is 1.00 bits per heavy atom. The Bertz CT molecular complexity index is 738. The molecule has 0 radical (unpaired) electrons. The number of imide groups is 1. The lowest BCUT2D eigenvalue weighted by atomic mass is 9.81. The van der Waals surface area contributed by atoms with E-state index in [2.05, 4.69) is 10.6 Å². The molecule has 8 nitrogen and oxygen atoms in total. The first-order valence-corrected chi connectivity index (χ1v) is 9.55. The van der Waals surface area contributed by atoms with E-state index in [1.807, 2.05) is 0 Å². The normalized spacial score (nSPS) is 21.2. The SMILES string of the molecule is COc1ccc(C(=O)NCCNC(=O)CN2C(=O)C3CCCCC3C2=O)cc1. The van der Waals surface area contributed by atoms with E-state index in [9.17, 15) is 19.2 Å². The number of ether oxygens (including phenoxy) is 1. The highest BCUT2D eigenvalue weighted by Crippen LogP contribution is 2.37. The van der Waals surface area contributed by atoms with Gasteiger partial charge in [0.25, 0.3) is 5.91 Å². The summed E-state index contributed by atoms with van der Waals surface area (Å²) in [5.41, 5.74) is 0.489. The quantitative estimate of drug-likeness (QED) is 0.530. The molecule has 8 heteroatoms. The number of hydrogen-bond donors (Lipinski definition) is 2. The van der Waals surface area contributed by atoms with Gasteiger partial charge in [-0.1, -0.05) is 12.8 Å². The number of fused-ring (bicyclic) bond motifs is 1. The maximum absolute atomic E-state index is 12.4. The smallest absolute Gasteiger partial charge is 0.251 e. The van der Waals surface area contributed by atoms with E-state index in [0.29, 0.717) is 11.3 Å². The van der Waals surface area contributed by atoms with Crippen molar-refractivity contribution < 1.29 is 23.9 Å². The second-order valence-electron chi connectivity index (χ2n) is 7.09. The second-order valence-corrected chi connectivity index (χ2v) is 7.09. The van der Waals surface area contributed by atoms with Crippen LogP contribution >= 0.6 is 0 Å². The lowest BCUT2D eigenvalue weighted by Gasteiger charge is -2.19. The largest absolute Gasteiger partial charge is 0.497 e. The number of methoxy groups -OCH3 is 1. The number of rotatable bonds is 7. The van der Waals surface area contributed by atoms with E-state index >= 15 is 0 Å². The van der Waals surface area contributed by atoms with Crippen LogP contribution in [0.5, 0.6) is 5.75 Å². The van der Waals surface area contributed by atoms with Crippen LogP contribution < -0.4 is 15.4 Å². The third-order valence-electron chi connectivity index (χ3n) is 5.32. The summed E-state index contributed by atoms with van der Waals surface area (Å²) in [6.07, 6.45) is 3.36. The van der Waals surface area contributed by atoms with Crippen LogP contribution in [0.4, 0.5) is 0 Å². The highest BCUT2D eigenvalue weighted by Gasteiger charge is 2.48. The van der Waals surface area contributed by atoms with Crippen molar-refractivity contribution in [3.63, 3.8) is 0 Å². The van der Waals surface area contributed by atoms with Crippen molar-refractivity contribution in [3.05, 3.63) is 29.8 Å². The summed E-state index contributed by atoms with van der Waals surface area (Å²) < 4.78 is 5.04. The Morgan fingerprint density at radius 3 is 2.14 bits per heavy atom. The summed E-state index contributed by atoms with van der Waals surface area (Å²) in [4.78, 5) is 50.0. The Hall–Kier alpha value is -2.90. The van der Waals surface area contributed by atoms with Gasteiger partial charge < -0.3 is 15.4 Å². The Balaban J connectivity index is 1.40. The monoisotopic (exact) mass is 387 g/mol. The van der Waals surface area contributed by atoms with Crippen LogP contribution in [0.1, 0.15) is 36.0 Å². The lowest BCUT2D eigenvalue weighted by Crippen LogP contribution is -2.43. The van der Waals surface area contributed by atoms with E-state index < -0.39 is 5.91 Å². The van der Waals surface area contributed by atoms with E-state index in [4.69, 9.17) is 4.74 Å². The Morgan fingerprint density at radius 2 is 1.57 bits per heavy atom. The van der Waals surface area contributed by atoms with Gasteiger partial charge in [0, 0.05) is 18.7 Å². The molecular weight excluding hydrogens is 362 g/mol. The molecule has 1 aliphatic carbocycles. The molecule has 1 aliphatic heterocycles. The molecule has 0 bridgehead atoms. The molecule has 1 saturated heterocycles. The number of benzene rings is 1. The fourth-order valence-electron chi connectivity index (χ4n) is 3.81. The molecule has 1 saturated carbocycles. The predicted octanol–water partition coefficient (Wildman–Crippen LogP) is 0.716. The van der Waals surface area contributed by atoms with Gasteiger partial charge in [0.1, 0.15) is 12.3 Å². The van der Waals surface area contributed by atoms with Gasteiger partial charge in [-0.3, -0.25) is 24.1 Å². The van der Waals surface area contributed by atoms with Crippen LogP contribution in [-0.2, 0) is 14.4 Å². The maximum Gasteiger partial charge on any atom is 0.251 e. The third kappa shape index (κ3) is 4.32. The Kier molecular flexibility index (Phi) is 6.28. The van der Waals surface area contributed by atoms with Crippen molar-refractivity contribution in [3.8, 4) is 5.75 Å². The average molecular weight is 387 g/mol. The molecular formula is C20H25N3O5. The van der Waals surface area contributed by atoms with Gasteiger partial charge in [-0.05, 0) is 37.1 Å². The molecule has 3 rings (SSSR count). The van der Waals surface area contributed by atoms with E-state index in [0.717, 1.165) is 30.6 Å². The second kappa shape index (κ2) is 8.86. The molecule has 1 aromatic rings. The first-order chi connectivity index (χ1) is 13.5. The van der Waals surface area contributed by atoms with Gasteiger partial charge in [0.05, 0.1) is 18.9 Å². The van der Waals surface area contributed by atoms with Gasteiger partial charge in [-0.2, -0.15) is 0 Å². The van der Waals surface area contributed by atoms with Crippen LogP contribution in [0.25, 0.3) is 0 Å². The van der Waals surface area contributed by atoms with Crippen LogP contribution in [0.3, 0.4) is 0 Å². The zero-order valence-electron chi connectivity index (χ0n) is 15.9. The van der Waals surface area contributed by atoms with Crippen molar-refractivity contribution in [2.75, 3.05) is 26.7 Å². The predicted molar refractivity (Wildman–Crippen MR) is 101 cm³/mol. The number of carbonyl (C=O) groups is 4. The number of likely N-dealkylation sites (tertiary alicyclic amines) is 1. The molecule has 2 aliphatic rings. The molecule has 2 atom stereocenters. The third-order valence-corrected chi connectivity index (χ3v) is 5.32. The van der Waals surface area contributed by atoms with Crippen molar-refractivity contribution in [2.24, 2.45) is 11.8 Å². The summed E-state index contributed by atoms with van der Waals surface area (Å²) in [7, 11) is 1.55. The minimum Gasteiger partial charge on any atom is -0.497 e. The van der Waals surface area contributed by atoms with Crippen molar-refractivity contribution in [1.29, 1.82) is 0 Å². The number of nitrogens with one attached hydrogen (secondary N) is 2. The fraction of sp³-hybridized carbons (Fsp3) is 0.500. The topological polar surface area (TPSA) is 105 Å². The van der Waals surface area contributed by atoms with Gasteiger partial charge >= 0.3 is 0 Å². The first-order valence-electron chi connectivity index (χ1n) is 9.55. The van der Waals surface area contributed by atoms with Crippen molar-refractivity contribution >= 4 is 23.6 Å². The molecule has 150 valence electrons. The van der Waals surface area contributed by atoms with Crippen LogP contribution in [-0.4, -0.2) is 55.3 Å². The van der Waals surface area contributed by atoms with E-state index in [-0.39, 0.29) is 49.2 Å². The molecule has 28 heavy (non-hydrogen) atoms. The highest BCUT2D eigenvalue weighted by atomic mass is 16.5. The molecule has 0 aromatic heterocycles. The van der Waals surface area contributed by atoms with Gasteiger partial charge in [-0.15, -0.1) is 0 Å². The summed E-state index contributed by atoms with van der Waals surface area (Å²) in [6.45, 7) is 0.199.